The van der Waals surface area contributed by atoms with E-state index in [2.05, 4.69) is 4.72 Å². The molecule has 0 amide bonds. The van der Waals surface area contributed by atoms with Gasteiger partial charge >= 0.3 is 0 Å². The molecular weight excluding hydrogens is 254 g/mol. The van der Waals surface area contributed by atoms with E-state index < -0.39 is 10.0 Å². The Morgan fingerprint density at radius 1 is 1.17 bits per heavy atom. The van der Waals surface area contributed by atoms with Crippen LogP contribution in [-0.4, -0.2) is 41.9 Å². The molecule has 0 atom stereocenters. The average molecular weight is 273 g/mol. The largest absolute Gasteiger partial charge is 0.382 e. The molecule has 0 aliphatic heterocycles. The third kappa shape index (κ3) is 4.73. The second-order valence-corrected chi connectivity index (χ2v) is 5.50. The monoisotopic (exact) mass is 273 g/mol. The molecule has 102 valence electrons. The Morgan fingerprint density at radius 2 is 1.89 bits per heavy atom. The molecule has 0 aliphatic rings. The summed E-state index contributed by atoms with van der Waals surface area (Å²) in [5, 5.41) is 0. The lowest BCUT2D eigenvalue weighted by atomic mass is 10.2. The van der Waals surface area contributed by atoms with E-state index in [1.165, 1.54) is 0 Å². The molecule has 0 aliphatic carbocycles. The van der Waals surface area contributed by atoms with Crippen molar-refractivity contribution in [2.24, 2.45) is 0 Å². The number of ether oxygens (including phenoxy) is 2. The normalized spacial score (nSPS) is 11.7. The SMILES string of the molecule is COCCOCCNS(=O)(=O)c1ccccc1C. The van der Waals surface area contributed by atoms with E-state index in [9.17, 15) is 8.42 Å². The van der Waals surface area contributed by atoms with Gasteiger partial charge in [0.25, 0.3) is 0 Å². The van der Waals surface area contributed by atoms with Gasteiger partial charge in [0.2, 0.25) is 10.0 Å². The molecule has 1 N–H and O–H groups in total. The molecule has 0 bridgehead atoms. The van der Waals surface area contributed by atoms with Crippen molar-refractivity contribution in [3.05, 3.63) is 29.8 Å². The number of sulfonamides is 1. The van der Waals surface area contributed by atoms with Gasteiger partial charge in [-0.25, -0.2) is 13.1 Å². The quantitative estimate of drug-likeness (QED) is 0.716. The van der Waals surface area contributed by atoms with Crippen LogP contribution < -0.4 is 4.72 Å². The van der Waals surface area contributed by atoms with E-state index >= 15 is 0 Å². The second kappa shape index (κ2) is 7.48. The maximum atomic E-state index is 12.0. The smallest absolute Gasteiger partial charge is 0.240 e. The molecule has 0 radical (unpaired) electrons. The van der Waals surface area contributed by atoms with Gasteiger partial charge in [-0.05, 0) is 18.6 Å². The Hall–Kier alpha value is -0.950. The molecule has 0 aromatic heterocycles. The van der Waals surface area contributed by atoms with Gasteiger partial charge in [0.05, 0.1) is 24.7 Å². The molecule has 0 saturated heterocycles. The molecule has 18 heavy (non-hydrogen) atoms. The van der Waals surface area contributed by atoms with Crippen LogP contribution in [0.2, 0.25) is 0 Å². The number of hydrogen-bond acceptors (Lipinski definition) is 4. The van der Waals surface area contributed by atoms with Crippen molar-refractivity contribution in [3.63, 3.8) is 0 Å². The molecule has 5 nitrogen and oxygen atoms in total. The molecule has 0 spiro atoms. The lowest BCUT2D eigenvalue weighted by molar-refractivity contribution is 0.0736. The van der Waals surface area contributed by atoms with Crippen LogP contribution in [0.25, 0.3) is 0 Å². The van der Waals surface area contributed by atoms with Crippen LogP contribution >= 0.6 is 0 Å². The lowest BCUT2D eigenvalue weighted by Crippen LogP contribution is -2.28. The Bertz CT molecular complexity index is 459. The summed E-state index contributed by atoms with van der Waals surface area (Å²) in [4.78, 5) is 0.307. The number of nitrogens with one attached hydrogen (secondary N) is 1. The van der Waals surface area contributed by atoms with Gasteiger partial charge in [0.15, 0.2) is 0 Å². The van der Waals surface area contributed by atoms with Crippen LogP contribution in [0.15, 0.2) is 29.2 Å². The molecule has 1 aromatic rings. The summed E-state index contributed by atoms with van der Waals surface area (Å²) in [6.07, 6.45) is 0. The fourth-order valence-corrected chi connectivity index (χ4v) is 2.69. The van der Waals surface area contributed by atoms with E-state index in [-0.39, 0.29) is 6.54 Å². The molecule has 0 heterocycles. The zero-order chi connectivity index (χ0) is 13.4. The Morgan fingerprint density at radius 3 is 2.56 bits per heavy atom. The van der Waals surface area contributed by atoms with Crippen molar-refractivity contribution in [3.8, 4) is 0 Å². The van der Waals surface area contributed by atoms with Crippen molar-refractivity contribution in [1.82, 2.24) is 4.72 Å². The van der Waals surface area contributed by atoms with Crippen LogP contribution in [-0.2, 0) is 19.5 Å². The lowest BCUT2D eigenvalue weighted by Gasteiger charge is -2.09. The summed E-state index contributed by atoms with van der Waals surface area (Å²) in [6.45, 7) is 3.31. The zero-order valence-corrected chi connectivity index (χ0v) is 11.5. The highest BCUT2D eigenvalue weighted by atomic mass is 32.2. The van der Waals surface area contributed by atoms with Crippen LogP contribution in [0.5, 0.6) is 0 Å². The molecule has 1 aromatic carbocycles. The molecule has 0 unspecified atom stereocenters. The maximum Gasteiger partial charge on any atom is 0.240 e. The number of aryl methyl sites for hydroxylation is 1. The Labute approximate surface area is 108 Å². The fourth-order valence-electron chi connectivity index (χ4n) is 1.43. The zero-order valence-electron chi connectivity index (χ0n) is 10.7. The van der Waals surface area contributed by atoms with Gasteiger partial charge in [-0.3, -0.25) is 0 Å². The number of benzene rings is 1. The van der Waals surface area contributed by atoms with Gasteiger partial charge in [0, 0.05) is 13.7 Å². The fraction of sp³-hybridized carbons (Fsp3) is 0.500. The minimum Gasteiger partial charge on any atom is -0.382 e. The summed E-state index contributed by atoms with van der Waals surface area (Å²) in [7, 11) is -1.86. The van der Waals surface area contributed by atoms with Gasteiger partial charge in [-0.2, -0.15) is 0 Å². The van der Waals surface area contributed by atoms with Gasteiger partial charge < -0.3 is 9.47 Å². The van der Waals surface area contributed by atoms with E-state index in [1.54, 1.807) is 32.2 Å². The molecular formula is C12H19NO4S. The Balaban J connectivity index is 2.44. The first-order valence-corrected chi connectivity index (χ1v) is 7.18. The van der Waals surface area contributed by atoms with E-state index in [4.69, 9.17) is 9.47 Å². The van der Waals surface area contributed by atoms with Gasteiger partial charge in [-0.1, -0.05) is 18.2 Å². The van der Waals surface area contributed by atoms with Crippen LogP contribution in [0.4, 0.5) is 0 Å². The van der Waals surface area contributed by atoms with Crippen LogP contribution in [0.1, 0.15) is 5.56 Å². The molecule has 6 heteroatoms. The van der Waals surface area contributed by atoms with Crippen molar-refractivity contribution < 1.29 is 17.9 Å². The van der Waals surface area contributed by atoms with E-state index in [0.717, 1.165) is 5.56 Å². The highest BCUT2D eigenvalue weighted by molar-refractivity contribution is 7.89. The minimum absolute atomic E-state index is 0.250. The third-order valence-electron chi connectivity index (χ3n) is 2.35. The van der Waals surface area contributed by atoms with Crippen molar-refractivity contribution in [1.29, 1.82) is 0 Å². The number of methoxy groups -OCH3 is 1. The van der Waals surface area contributed by atoms with Crippen LogP contribution in [0.3, 0.4) is 0 Å². The Kier molecular flexibility index (Phi) is 6.28. The summed E-state index contributed by atoms with van der Waals surface area (Å²) < 4.78 is 36.4. The first kappa shape index (κ1) is 15.1. The topological polar surface area (TPSA) is 64.6 Å². The first-order chi connectivity index (χ1) is 8.58. The first-order valence-electron chi connectivity index (χ1n) is 5.70. The summed E-state index contributed by atoms with van der Waals surface area (Å²) in [6, 6.07) is 6.87. The molecule has 1 rings (SSSR count). The molecule has 0 saturated carbocycles. The standard InChI is InChI=1S/C12H19NO4S/c1-11-5-3-4-6-12(11)18(14,15)13-7-8-17-10-9-16-2/h3-6,13H,7-10H2,1-2H3. The van der Waals surface area contributed by atoms with E-state index in [1.807, 2.05) is 6.07 Å². The minimum atomic E-state index is -3.44. The van der Waals surface area contributed by atoms with Crippen molar-refractivity contribution >= 4 is 10.0 Å². The van der Waals surface area contributed by atoms with Gasteiger partial charge in [-0.15, -0.1) is 0 Å². The van der Waals surface area contributed by atoms with Gasteiger partial charge in [0.1, 0.15) is 0 Å². The third-order valence-corrected chi connectivity index (χ3v) is 3.97. The second-order valence-electron chi connectivity index (χ2n) is 3.77. The predicted molar refractivity (Wildman–Crippen MR) is 69.1 cm³/mol. The average Bonchev–Trinajstić information content (AvgIpc) is 2.34. The summed E-state index contributed by atoms with van der Waals surface area (Å²) in [5.41, 5.74) is 0.727. The van der Waals surface area contributed by atoms with Crippen molar-refractivity contribution in [2.75, 3.05) is 33.5 Å². The van der Waals surface area contributed by atoms with E-state index in [0.29, 0.717) is 24.7 Å². The van der Waals surface area contributed by atoms with Crippen LogP contribution in [0, 0.1) is 6.92 Å². The van der Waals surface area contributed by atoms with Crippen molar-refractivity contribution in [2.45, 2.75) is 11.8 Å². The molecule has 0 fully saturated rings. The maximum absolute atomic E-state index is 12.0. The number of rotatable bonds is 8. The predicted octanol–water partition coefficient (Wildman–Crippen LogP) is 0.936. The highest BCUT2D eigenvalue weighted by Crippen LogP contribution is 2.13. The number of hydrogen-bond donors (Lipinski definition) is 1. The summed E-state index contributed by atoms with van der Waals surface area (Å²) >= 11 is 0. The highest BCUT2D eigenvalue weighted by Gasteiger charge is 2.14. The summed E-state index contributed by atoms with van der Waals surface area (Å²) in [5.74, 6) is 0.